The van der Waals surface area contributed by atoms with Gasteiger partial charge < -0.3 is 10.6 Å². The summed E-state index contributed by atoms with van der Waals surface area (Å²) in [5, 5.41) is 7.56. The van der Waals surface area contributed by atoms with Gasteiger partial charge in [0.15, 0.2) is 5.13 Å². The van der Waals surface area contributed by atoms with Crippen LogP contribution >= 0.6 is 11.3 Å². The van der Waals surface area contributed by atoms with Gasteiger partial charge in [-0.25, -0.2) is 9.37 Å². The Labute approximate surface area is 187 Å². The molecule has 162 valence electrons. The number of para-hydroxylation sites is 1. The zero-order valence-electron chi connectivity index (χ0n) is 17.1. The van der Waals surface area contributed by atoms with Crippen LogP contribution in [0.25, 0.3) is 6.08 Å². The zero-order chi connectivity index (χ0) is 22.7. The highest BCUT2D eigenvalue weighted by Crippen LogP contribution is 2.31. The highest BCUT2D eigenvalue weighted by Gasteiger charge is 2.20. The molecule has 2 heterocycles. The average molecular weight is 450 g/mol. The Morgan fingerprint density at radius 2 is 2.03 bits per heavy atom. The lowest BCUT2D eigenvalue weighted by Gasteiger charge is -2.18. The number of nitrogens with one attached hydrogen (secondary N) is 2. The van der Waals surface area contributed by atoms with E-state index < -0.39 is 5.82 Å². The van der Waals surface area contributed by atoms with Gasteiger partial charge in [0.25, 0.3) is 0 Å². The van der Waals surface area contributed by atoms with Crippen molar-refractivity contribution in [3.05, 3.63) is 71.0 Å². The summed E-state index contributed by atoms with van der Waals surface area (Å²) in [6.45, 7) is 1.33. The van der Waals surface area contributed by atoms with Crippen LogP contribution < -0.4 is 15.5 Å². The largest absolute Gasteiger partial charge is 0.326 e. The minimum absolute atomic E-state index is 0.0156. The molecule has 0 bridgehead atoms. The molecule has 1 aliphatic heterocycles. The number of benzene rings is 2. The summed E-state index contributed by atoms with van der Waals surface area (Å²) in [6, 6.07) is 11.3. The summed E-state index contributed by atoms with van der Waals surface area (Å²) >= 11 is 1.17. The fraction of sp³-hybridized carbons (Fsp3) is 0.130. The first kappa shape index (κ1) is 21.4. The molecular formula is C23H19FN4O3S. The van der Waals surface area contributed by atoms with E-state index in [4.69, 9.17) is 0 Å². The van der Waals surface area contributed by atoms with E-state index in [1.807, 2.05) is 6.07 Å². The van der Waals surface area contributed by atoms with Crippen LogP contribution in [0.3, 0.4) is 0 Å². The van der Waals surface area contributed by atoms with Gasteiger partial charge in [0.05, 0.1) is 11.4 Å². The van der Waals surface area contributed by atoms with Crippen LogP contribution in [0.2, 0.25) is 0 Å². The fourth-order valence-corrected chi connectivity index (χ4v) is 4.15. The summed E-state index contributed by atoms with van der Waals surface area (Å²) in [4.78, 5) is 41.4. The molecule has 4 rings (SSSR count). The second-order valence-electron chi connectivity index (χ2n) is 7.10. The van der Waals surface area contributed by atoms with Crippen LogP contribution in [0, 0.1) is 5.82 Å². The number of amides is 3. The molecule has 7 nitrogen and oxygen atoms in total. The number of aryl methyl sites for hydroxylation is 1. The molecule has 3 aromatic rings. The monoisotopic (exact) mass is 450 g/mol. The van der Waals surface area contributed by atoms with Gasteiger partial charge in [-0.05, 0) is 48.4 Å². The molecule has 0 unspecified atom stereocenters. The van der Waals surface area contributed by atoms with Crippen molar-refractivity contribution in [3.63, 3.8) is 0 Å². The lowest BCUT2D eigenvalue weighted by molar-refractivity contribution is -0.117. The number of anilines is 4. The van der Waals surface area contributed by atoms with Crippen molar-refractivity contribution in [2.75, 3.05) is 15.5 Å². The maximum atomic E-state index is 14.2. The van der Waals surface area contributed by atoms with Gasteiger partial charge in [-0.3, -0.25) is 19.3 Å². The number of thiazole rings is 1. The molecule has 2 aromatic carbocycles. The average Bonchev–Trinajstić information content (AvgIpc) is 3.22. The van der Waals surface area contributed by atoms with Gasteiger partial charge in [-0.1, -0.05) is 12.1 Å². The number of rotatable bonds is 5. The second kappa shape index (κ2) is 9.11. The van der Waals surface area contributed by atoms with E-state index in [0.29, 0.717) is 29.4 Å². The molecule has 0 atom stereocenters. The number of hydrogen-bond acceptors (Lipinski definition) is 5. The summed E-state index contributed by atoms with van der Waals surface area (Å²) in [6.07, 6.45) is 3.90. The van der Waals surface area contributed by atoms with Crippen molar-refractivity contribution in [1.82, 2.24) is 4.98 Å². The lowest BCUT2D eigenvalue weighted by atomic mass is 10.0. The Balaban J connectivity index is 1.45. The first-order valence-corrected chi connectivity index (χ1v) is 10.7. The third-order valence-electron chi connectivity index (χ3n) is 4.78. The molecule has 3 amide bonds. The van der Waals surface area contributed by atoms with Gasteiger partial charge in [-0.15, -0.1) is 11.3 Å². The van der Waals surface area contributed by atoms with Crippen LogP contribution in [0.5, 0.6) is 0 Å². The minimum atomic E-state index is -0.529. The van der Waals surface area contributed by atoms with Crippen LogP contribution in [0.1, 0.15) is 24.6 Å². The topological polar surface area (TPSA) is 91.4 Å². The van der Waals surface area contributed by atoms with Crippen LogP contribution in [0.4, 0.5) is 26.6 Å². The Hall–Kier alpha value is -3.85. The summed E-state index contributed by atoms with van der Waals surface area (Å²) in [7, 11) is 0. The number of carbonyl (C=O) groups is 3. The van der Waals surface area contributed by atoms with Crippen molar-refractivity contribution in [3.8, 4) is 0 Å². The molecule has 2 N–H and O–H groups in total. The summed E-state index contributed by atoms with van der Waals surface area (Å²) in [5.41, 5.74) is 2.93. The number of hydrogen-bond donors (Lipinski definition) is 2. The molecule has 9 heteroatoms. The van der Waals surface area contributed by atoms with Crippen LogP contribution in [0.15, 0.2) is 53.9 Å². The molecule has 1 aromatic heterocycles. The highest BCUT2D eigenvalue weighted by molar-refractivity contribution is 7.14. The second-order valence-corrected chi connectivity index (χ2v) is 7.94. The standard InChI is InChI=1S/C23H19FN4O3S/c1-14(29)28(20-5-3-2-4-18(20)24)23-26-17(13-32-23)8-11-21(30)25-16-7-9-19-15(12-16)6-10-22(31)27-19/h2-5,7-9,11-13H,6,10H2,1H3,(H,25,30)(H,27,31)/b11-8+. The predicted molar refractivity (Wildman–Crippen MR) is 122 cm³/mol. The molecule has 0 radical (unpaired) electrons. The van der Waals surface area contributed by atoms with E-state index in [-0.39, 0.29) is 23.4 Å². The van der Waals surface area contributed by atoms with Crippen molar-refractivity contribution in [2.24, 2.45) is 0 Å². The number of fused-ring (bicyclic) bond motifs is 1. The Kier molecular flexibility index (Phi) is 6.09. The highest BCUT2D eigenvalue weighted by atomic mass is 32.1. The number of carbonyl (C=O) groups excluding carboxylic acids is 3. The Morgan fingerprint density at radius 1 is 1.22 bits per heavy atom. The maximum Gasteiger partial charge on any atom is 0.248 e. The third-order valence-corrected chi connectivity index (χ3v) is 5.63. The van der Waals surface area contributed by atoms with Crippen molar-refractivity contribution in [2.45, 2.75) is 19.8 Å². The molecule has 32 heavy (non-hydrogen) atoms. The molecule has 0 spiro atoms. The van der Waals surface area contributed by atoms with Gasteiger partial charge in [0, 0.05) is 36.2 Å². The van der Waals surface area contributed by atoms with Gasteiger partial charge in [0.1, 0.15) is 5.82 Å². The number of aromatic nitrogens is 1. The zero-order valence-corrected chi connectivity index (χ0v) is 17.9. The first-order valence-electron chi connectivity index (χ1n) is 9.83. The SMILES string of the molecule is CC(=O)N(c1nc(/C=C/C(=O)Nc2ccc3c(c2)CCC(=O)N3)cs1)c1ccccc1F. The Bertz CT molecular complexity index is 1240. The van der Waals surface area contributed by atoms with Gasteiger partial charge in [0.2, 0.25) is 17.7 Å². The van der Waals surface area contributed by atoms with Gasteiger partial charge >= 0.3 is 0 Å². The van der Waals surface area contributed by atoms with E-state index >= 15 is 0 Å². The van der Waals surface area contributed by atoms with E-state index in [1.54, 1.807) is 29.6 Å². The Morgan fingerprint density at radius 3 is 2.81 bits per heavy atom. The third kappa shape index (κ3) is 4.73. The molecule has 0 fully saturated rings. The predicted octanol–water partition coefficient (Wildman–Crippen LogP) is 4.50. The van der Waals surface area contributed by atoms with E-state index in [2.05, 4.69) is 15.6 Å². The molecular weight excluding hydrogens is 431 g/mol. The van der Waals surface area contributed by atoms with Crippen molar-refractivity contribution >= 4 is 57.3 Å². The van der Waals surface area contributed by atoms with E-state index in [9.17, 15) is 18.8 Å². The summed E-state index contributed by atoms with van der Waals surface area (Å²) in [5.74, 6) is -1.27. The first-order chi connectivity index (χ1) is 15.4. The number of nitrogens with zero attached hydrogens (tertiary/aromatic N) is 2. The lowest BCUT2D eigenvalue weighted by Crippen LogP contribution is -2.23. The van der Waals surface area contributed by atoms with Crippen molar-refractivity contribution in [1.29, 1.82) is 0 Å². The van der Waals surface area contributed by atoms with Crippen LogP contribution in [-0.4, -0.2) is 22.7 Å². The fourth-order valence-electron chi connectivity index (χ4n) is 3.30. The smallest absolute Gasteiger partial charge is 0.248 e. The van der Waals surface area contributed by atoms with Gasteiger partial charge in [-0.2, -0.15) is 0 Å². The van der Waals surface area contributed by atoms with Crippen LogP contribution in [-0.2, 0) is 20.8 Å². The molecule has 0 aliphatic carbocycles. The molecule has 0 saturated heterocycles. The normalized spacial score (nSPS) is 12.9. The van der Waals surface area contributed by atoms with E-state index in [0.717, 1.165) is 11.3 Å². The maximum absolute atomic E-state index is 14.2. The number of halogens is 1. The minimum Gasteiger partial charge on any atom is -0.326 e. The molecule has 1 aliphatic rings. The summed E-state index contributed by atoms with van der Waals surface area (Å²) < 4.78 is 14.2. The molecule has 0 saturated carbocycles. The van der Waals surface area contributed by atoms with Crippen molar-refractivity contribution < 1.29 is 18.8 Å². The quantitative estimate of drug-likeness (QED) is 0.560. The van der Waals surface area contributed by atoms with E-state index in [1.165, 1.54) is 47.4 Å².